The number of likely N-dealkylation sites (tertiary alicyclic amines) is 1. The summed E-state index contributed by atoms with van der Waals surface area (Å²) in [4.78, 5) is 27.4. The first-order chi connectivity index (χ1) is 13.6. The highest BCUT2D eigenvalue weighted by Gasteiger charge is 2.26. The number of aromatic nitrogens is 4. The second-order valence-corrected chi connectivity index (χ2v) is 7.36. The topological polar surface area (TPSA) is 85.0 Å². The van der Waals surface area contributed by atoms with Crippen LogP contribution in [0.2, 0.25) is 0 Å². The average molecular weight is 377 g/mol. The largest absolute Gasteiger partial charge is 0.339 e. The van der Waals surface area contributed by atoms with Crippen LogP contribution in [0.4, 0.5) is 0 Å². The van der Waals surface area contributed by atoms with Crippen molar-refractivity contribution in [2.24, 2.45) is 5.92 Å². The molecule has 1 saturated heterocycles. The van der Waals surface area contributed by atoms with E-state index in [1.165, 1.54) is 5.56 Å². The number of rotatable bonds is 4. The van der Waals surface area contributed by atoms with Crippen molar-refractivity contribution >= 4 is 5.91 Å². The molecule has 0 atom stereocenters. The Morgan fingerprint density at radius 1 is 1.21 bits per heavy atom. The van der Waals surface area contributed by atoms with Crippen LogP contribution in [0.1, 0.15) is 40.2 Å². The smallest absolute Gasteiger partial charge is 0.254 e. The van der Waals surface area contributed by atoms with Crippen LogP contribution < -0.4 is 0 Å². The van der Waals surface area contributed by atoms with Gasteiger partial charge in [-0.2, -0.15) is 4.98 Å². The third kappa shape index (κ3) is 3.93. The van der Waals surface area contributed by atoms with Crippen molar-refractivity contribution in [3.8, 4) is 11.5 Å². The third-order valence-corrected chi connectivity index (χ3v) is 5.24. The quantitative estimate of drug-likeness (QED) is 0.694. The molecule has 1 aliphatic rings. The minimum Gasteiger partial charge on any atom is -0.339 e. The predicted molar refractivity (Wildman–Crippen MR) is 104 cm³/mol. The number of amides is 1. The summed E-state index contributed by atoms with van der Waals surface area (Å²) >= 11 is 0. The molecule has 1 fully saturated rings. The standard InChI is InChI=1S/C21H23N5O2/c1-14-3-4-17(15(2)11-14)21(27)26-9-5-16(6-10-26)12-19-24-20(25-28-19)18-13-22-7-8-23-18/h3-4,7-8,11,13,16H,5-6,9-10,12H2,1-2H3. The van der Waals surface area contributed by atoms with Crippen LogP contribution in [0.25, 0.3) is 11.5 Å². The molecule has 3 aromatic rings. The van der Waals surface area contributed by atoms with Crippen molar-refractivity contribution in [1.82, 2.24) is 25.0 Å². The van der Waals surface area contributed by atoms with Crippen LogP contribution in [-0.2, 0) is 6.42 Å². The number of carbonyl (C=O) groups is 1. The van der Waals surface area contributed by atoms with Gasteiger partial charge in [0, 0.05) is 37.5 Å². The van der Waals surface area contributed by atoms with Gasteiger partial charge >= 0.3 is 0 Å². The average Bonchev–Trinajstić information content (AvgIpc) is 3.17. The Hall–Kier alpha value is -3.09. The molecule has 0 aliphatic carbocycles. The lowest BCUT2D eigenvalue weighted by Gasteiger charge is -2.32. The zero-order valence-electron chi connectivity index (χ0n) is 16.1. The highest BCUT2D eigenvalue weighted by molar-refractivity contribution is 5.95. The first-order valence-corrected chi connectivity index (χ1v) is 9.55. The molecule has 3 heterocycles. The molecule has 4 rings (SSSR count). The molecule has 0 N–H and O–H groups in total. The Morgan fingerprint density at radius 2 is 2.04 bits per heavy atom. The van der Waals surface area contributed by atoms with Crippen molar-refractivity contribution in [1.29, 1.82) is 0 Å². The van der Waals surface area contributed by atoms with Crippen LogP contribution >= 0.6 is 0 Å². The first-order valence-electron chi connectivity index (χ1n) is 9.55. The third-order valence-electron chi connectivity index (χ3n) is 5.24. The molecule has 0 radical (unpaired) electrons. The fourth-order valence-corrected chi connectivity index (χ4v) is 3.67. The lowest BCUT2D eigenvalue weighted by atomic mass is 9.93. The van der Waals surface area contributed by atoms with Gasteiger partial charge in [-0.25, -0.2) is 4.98 Å². The van der Waals surface area contributed by atoms with E-state index in [0.29, 0.717) is 23.3 Å². The highest BCUT2D eigenvalue weighted by Crippen LogP contribution is 2.24. The molecule has 2 aromatic heterocycles. The van der Waals surface area contributed by atoms with Gasteiger partial charge in [0.05, 0.1) is 6.20 Å². The normalized spacial score (nSPS) is 15.0. The van der Waals surface area contributed by atoms with Crippen LogP contribution in [0, 0.1) is 19.8 Å². The number of piperidine rings is 1. The number of benzene rings is 1. The van der Waals surface area contributed by atoms with Crippen LogP contribution in [-0.4, -0.2) is 44.0 Å². The lowest BCUT2D eigenvalue weighted by Crippen LogP contribution is -2.39. The zero-order valence-corrected chi connectivity index (χ0v) is 16.1. The van der Waals surface area contributed by atoms with Gasteiger partial charge in [0.1, 0.15) is 5.69 Å². The molecule has 1 aliphatic heterocycles. The van der Waals surface area contributed by atoms with Crippen molar-refractivity contribution in [2.75, 3.05) is 13.1 Å². The van der Waals surface area contributed by atoms with Gasteiger partial charge in [0.15, 0.2) is 0 Å². The number of hydrogen-bond acceptors (Lipinski definition) is 6. The van der Waals surface area contributed by atoms with Crippen molar-refractivity contribution < 1.29 is 9.32 Å². The predicted octanol–water partition coefficient (Wildman–Crippen LogP) is 3.24. The minimum absolute atomic E-state index is 0.124. The molecule has 1 amide bonds. The molecular weight excluding hydrogens is 354 g/mol. The van der Waals surface area contributed by atoms with Crippen molar-refractivity contribution in [3.05, 3.63) is 59.4 Å². The summed E-state index contributed by atoms with van der Waals surface area (Å²) < 4.78 is 5.38. The first kappa shape index (κ1) is 18.3. The summed E-state index contributed by atoms with van der Waals surface area (Å²) in [7, 11) is 0. The molecule has 0 bridgehead atoms. The van der Waals surface area contributed by atoms with E-state index in [9.17, 15) is 4.79 Å². The fourth-order valence-electron chi connectivity index (χ4n) is 3.67. The number of aryl methyl sites for hydroxylation is 2. The summed E-state index contributed by atoms with van der Waals surface area (Å²) in [5.41, 5.74) is 3.61. The molecule has 144 valence electrons. The van der Waals surface area contributed by atoms with E-state index in [4.69, 9.17) is 4.52 Å². The monoisotopic (exact) mass is 377 g/mol. The maximum absolute atomic E-state index is 12.8. The van der Waals surface area contributed by atoms with E-state index in [2.05, 4.69) is 26.2 Å². The van der Waals surface area contributed by atoms with Crippen molar-refractivity contribution in [3.63, 3.8) is 0 Å². The summed E-state index contributed by atoms with van der Waals surface area (Å²) in [5, 5.41) is 4.00. The fraction of sp³-hybridized carbons (Fsp3) is 0.381. The summed E-state index contributed by atoms with van der Waals surface area (Å²) in [6, 6.07) is 5.99. The van der Waals surface area contributed by atoms with Gasteiger partial charge in [-0.05, 0) is 44.2 Å². The Kier molecular flexibility index (Phi) is 5.14. The summed E-state index contributed by atoms with van der Waals surface area (Å²) in [6.07, 6.45) is 7.41. The van der Waals surface area contributed by atoms with E-state index >= 15 is 0 Å². The molecule has 0 saturated carbocycles. The Labute approximate surface area is 163 Å². The lowest BCUT2D eigenvalue weighted by molar-refractivity contribution is 0.0686. The second-order valence-electron chi connectivity index (χ2n) is 7.36. The maximum Gasteiger partial charge on any atom is 0.254 e. The van der Waals surface area contributed by atoms with Crippen LogP contribution in [0.5, 0.6) is 0 Å². The molecule has 1 aromatic carbocycles. The Morgan fingerprint density at radius 3 is 2.75 bits per heavy atom. The molecular formula is C21H23N5O2. The summed E-state index contributed by atoms with van der Waals surface area (Å²) in [6.45, 7) is 5.54. The molecule has 28 heavy (non-hydrogen) atoms. The number of hydrogen-bond donors (Lipinski definition) is 0. The van der Waals surface area contributed by atoms with Gasteiger partial charge in [-0.15, -0.1) is 0 Å². The van der Waals surface area contributed by atoms with E-state index in [0.717, 1.165) is 43.5 Å². The van der Waals surface area contributed by atoms with E-state index in [-0.39, 0.29) is 5.91 Å². The minimum atomic E-state index is 0.124. The molecule has 0 spiro atoms. The zero-order chi connectivity index (χ0) is 19.5. The highest BCUT2D eigenvalue weighted by atomic mass is 16.5. The Balaban J connectivity index is 1.34. The van der Waals surface area contributed by atoms with Crippen LogP contribution in [0.3, 0.4) is 0 Å². The van der Waals surface area contributed by atoms with Gasteiger partial charge in [-0.3, -0.25) is 9.78 Å². The van der Waals surface area contributed by atoms with E-state index in [1.54, 1.807) is 18.6 Å². The summed E-state index contributed by atoms with van der Waals surface area (Å²) in [5.74, 6) is 1.63. The molecule has 7 nitrogen and oxygen atoms in total. The Bertz CT molecular complexity index is 962. The van der Waals surface area contributed by atoms with Crippen molar-refractivity contribution in [2.45, 2.75) is 33.1 Å². The number of carbonyl (C=O) groups excluding carboxylic acids is 1. The van der Waals surface area contributed by atoms with Gasteiger partial charge in [0.2, 0.25) is 11.7 Å². The maximum atomic E-state index is 12.8. The van der Waals surface area contributed by atoms with Gasteiger partial charge in [-0.1, -0.05) is 22.9 Å². The second kappa shape index (κ2) is 7.88. The number of nitrogens with zero attached hydrogens (tertiary/aromatic N) is 5. The van der Waals surface area contributed by atoms with E-state index < -0.39 is 0 Å². The molecule has 0 unspecified atom stereocenters. The van der Waals surface area contributed by atoms with Gasteiger partial charge < -0.3 is 9.42 Å². The van der Waals surface area contributed by atoms with E-state index in [1.807, 2.05) is 30.9 Å². The SMILES string of the molecule is Cc1ccc(C(=O)N2CCC(Cc3nc(-c4cnccn4)no3)CC2)c(C)c1. The van der Waals surface area contributed by atoms with Gasteiger partial charge in [0.25, 0.3) is 5.91 Å². The van der Waals surface area contributed by atoms with Crippen LogP contribution in [0.15, 0.2) is 41.3 Å². The molecule has 7 heteroatoms.